The van der Waals surface area contributed by atoms with Crippen LogP contribution in [0, 0.1) is 0 Å². The van der Waals surface area contributed by atoms with Gasteiger partial charge in [0.1, 0.15) is 0 Å². The number of anilines is 2. The SMILES string of the molecule is COC(=O)c1cc(N)cc(Cl)c1N(C)C1CCCCCC1. The maximum Gasteiger partial charge on any atom is 0.340 e. The van der Waals surface area contributed by atoms with E-state index in [0.717, 1.165) is 18.5 Å². The number of hydrogen-bond acceptors (Lipinski definition) is 4. The van der Waals surface area contributed by atoms with E-state index in [1.807, 2.05) is 7.05 Å². The molecule has 0 amide bonds. The van der Waals surface area contributed by atoms with Crippen LogP contribution in [-0.4, -0.2) is 26.2 Å². The van der Waals surface area contributed by atoms with Gasteiger partial charge in [-0.05, 0) is 25.0 Å². The van der Waals surface area contributed by atoms with E-state index < -0.39 is 5.97 Å². The first-order chi connectivity index (χ1) is 10.0. The van der Waals surface area contributed by atoms with Crippen LogP contribution in [-0.2, 0) is 4.74 Å². The number of carbonyl (C=O) groups excluding carboxylic acids is 1. The molecule has 2 rings (SSSR count). The predicted molar refractivity (Wildman–Crippen MR) is 87.1 cm³/mol. The number of nitrogens with zero attached hydrogens (tertiary/aromatic N) is 1. The smallest absolute Gasteiger partial charge is 0.340 e. The number of methoxy groups -OCH3 is 1. The normalized spacial score (nSPS) is 16.3. The van der Waals surface area contributed by atoms with Gasteiger partial charge in [0.15, 0.2) is 0 Å². The monoisotopic (exact) mass is 310 g/mol. The number of rotatable bonds is 3. The third-order valence-corrected chi connectivity index (χ3v) is 4.50. The Morgan fingerprint density at radius 1 is 1.29 bits per heavy atom. The number of halogens is 1. The van der Waals surface area contributed by atoms with Crippen molar-refractivity contribution in [2.45, 2.75) is 44.6 Å². The average molecular weight is 311 g/mol. The molecule has 1 aromatic rings. The fourth-order valence-corrected chi connectivity index (χ4v) is 3.43. The van der Waals surface area contributed by atoms with Crippen LogP contribution < -0.4 is 10.6 Å². The molecule has 0 atom stereocenters. The molecule has 116 valence electrons. The second kappa shape index (κ2) is 7.03. The molecule has 1 saturated carbocycles. The molecule has 4 nitrogen and oxygen atoms in total. The highest BCUT2D eigenvalue weighted by Crippen LogP contribution is 2.35. The molecular weight excluding hydrogens is 288 g/mol. The Labute approximate surface area is 131 Å². The first-order valence-electron chi connectivity index (χ1n) is 7.44. The summed E-state index contributed by atoms with van der Waals surface area (Å²) in [5.74, 6) is -0.403. The molecule has 0 unspecified atom stereocenters. The van der Waals surface area contributed by atoms with Crippen molar-refractivity contribution in [2.24, 2.45) is 0 Å². The van der Waals surface area contributed by atoms with Crippen molar-refractivity contribution in [1.82, 2.24) is 0 Å². The van der Waals surface area contributed by atoms with Crippen LogP contribution in [0.2, 0.25) is 5.02 Å². The summed E-state index contributed by atoms with van der Waals surface area (Å²) in [5, 5.41) is 0.502. The Bertz CT molecular complexity index is 511. The summed E-state index contributed by atoms with van der Waals surface area (Å²) in [4.78, 5) is 14.2. The van der Waals surface area contributed by atoms with Gasteiger partial charge in [-0.15, -0.1) is 0 Å². The van der Waals surface area contributed by atoms with Crippen molar-refractivity contribution >= 4 is 28.9 Å². The Morgan fingerprint density at radius 2 is 1.90 bits per heavy atom. The van der Waals surface area contributed by atoms with Gasteiger partial charge in [-0.3, -0.25) is 0 Å². The number of esters is 1. The van der Waals surface area contributed by atoms with Gasteiger partial charge in [0, 0.05) is 18.8 Å². The number of hydrogen-bond donors (Lipinski definition) is 1. The van der Waals surface area contributed by atoms with Gasteiger partial charge in [0.2, 0.25) is 0 Å². The van der Waals surface area contributed by atoms with Gasteiger partial charge in [-0.25, -0.2) is 4.79 Å². The van der Waals surface area contributed by atoms with E-state index in [9.17, 15) is 4.79 Å². The molecule has 21 heavy (non-hydrogen) atoms. The first-order valence-corrected chi connectivity index (χ1v) is 7.82. The molecule has 0 bridgehead atoms. The van der Waals surface area contributed by atoms with Gasteiger partial charge in [0.25, 0.3) is 0 Å². The van der Waals surface area contributed by atoms with Gasteiger partial charge < -0.3 is 15.4 Å². The van der Waals surface area contributed by atoms with E-state index in [4.69, 9.17) is 22.1 Å². The lowest BCUT2D eigenvalue weighted by atomic mass is 10.0. The number of nitrogen functional groups attached to an aromatic ring is 1. The van der Waals surface area contributed by atoms with E-state index >= 15 is 0 Å². The van der Waals surface area contributed by atoms with Crippen LogP contribution >= 0.6 is 11.6 Å². The molecule has 0 spiro atoms. The van der Waals surface area contributed by atoms with Crippen molar-refractivity contribution in [1.29, 1.82) is 0 Å². The number of benzene rings is 1. The third-order valence-electron chi connectivity index (χ3n) is 4.22. The van der Waals surface area contributed by atoms with E-state index in [-0.39, 0.29) is 0 Å². The van der Waals surface area contributed by atoms with Crippen molar-refractivity contribution in [3.63, 3.8) is 0 Å². The van der Waals surface area contributed by atoms with Crippen LogP contribution in [0.5, 0.6) is 0 Å². The van der Waals surface area contributed by atoms with Gasteiger partial charge in [-0.2, -0.15) is 0 Å². The van der Waals surface area contributed by atoms with Crippen molar-refractivity contribution in [3.8, 4) is 0 Å². The van der Waals surface area contributed by atoms with Gasteiger partial charge in [0.05, 0.1) is 23.4 Å². The van der Waals surface area contributed by atoms with Crippen LogP contribution in [0.4, 0.5) is 11.4 Å². The minimum atomic E-state index is -0.403. The average Bonchev–Trinajstić information content (AvgIpc) is 2.74. The molecule has 0 heterocycles. The molecule has 5 heteroatoms. The molecule has 1 fully saturated rings. The van der Waals surface area contributed by atoms with Crippen LogP contribution in [0.15, 0.2) is 12.1 Å². The summed E-state index contributed by atoms with van der Waals surface area (Å²) in [6, 6.07) is 3.73. The quantitative estimate of drug-likeness (QED) is 0.523. The summed E-state index contributed by atoms with van der Waals surface area (Å²) in [6.45, 7) is 0. The molecular formula is C16H23ClN2O2. The van der Waals surface area contributed by atoms with E-state index in [0.29, 0.717) is 22.3 Å². The lowest BCUT2D eigenvalue weighted by Crippen LogP contribution is -2.32. The molecule has 1 aliphatic carbocycles. The molecule has 1 aromatic carbocycles. The summed E-state index contributed by atoms with van der Waals surface area (Å²) < 4.78 is 4.87. The Morgan fingerprint density at radius 3 is 2.48 bits per heavy atom. The highest BCUT2D eigenvalue weighted by atomic mass is 35.5. The fourth-order valence-electron chi connectivity index (χ4n) is 3.07. The second-order valence-electron chi connectivity index (χ2n) is 5.65. The largest absolute Gasteiger partial charge is 0.465 e. The molecule has 0 aromatic heterocycles. The van der Waals surface area contributed by atoms with Crippen LogP contribution in [0.25, 0.3) is 0 Å². The molecule has 0 radical (unpaired) electrons. The second-order valence-corrected chi connectivity index (χ2v) is 6.05. The minimum absolute atomic E-state index is 0.400. The first kappa shape index (κ1) is 16.0. The summed E-state index contributed by atoms with van der Waals surface area (Å²) in [5.41, 5.74) is 7.45. The summed E-state index contributed by atoms with van der Waals surface area (Å²) >= 11 is 6.36. The van der Waals surface area contributed by atoms with E-state index in [1.54, 1.807) is 12.1 Å². The zero-order valence-corrected chi connectivity index (χ0v) is 13.4. The number of ether oxygens (including phenoxy) is 1. The van der Waals surface area contributed by atoms with Crippen LogP contribution in [0.1, 0.15) is 48.9 Å². The van der Waals surface area contributed by atoms with Gasteiger partial charge in [-0.1, -0.05) is 37.3 Å². The maximum absolute atomic E-state index is 12.0. The fraction of sp³-hybridized carbons (Fsp3) is 0.562. The highest BCUT2D eigenvalue weighted by molar-refractivity contribution is 6.34. The standard InChI is InChI=1S/C16H23ClN2O2/c1-19(12-7-5-3-4-6-8-12)15-13(16(20)21-2)9-11(18)10-14(15)17/h9-10,12H,3-8,18H2,1-2H3. The molecule has 2 N–H and O–H groups in total. The maximum atomic E-state index is 12.0. The predicted octanol–water partition coefficient (Wildman–Crippen LogP) is 3.87. The Kier molecular flexibility index (Phi) is 5.34. The molecule has 0 aliphatic heterocycles. The van der Waals surface area contributed by atoms with Crippen molar-refractivity contribution in [2.75, 3.05) is 24.8 Å². The highest BCUT2D eigenvalue weighted by Gasteiger charge is 2.24. The van der Waals surface area contributed by atoms with Crippen molar-refractivity contribution < 1.29 is 9.53 Å². The third kappa shape index (κ3) is 3.62. The van der Waals surface area contributed by atoms with E-state index in [1.165, 1.54) is 32.8 Å². The van der Waals surface area contributed by atoms with Gasteiger partial charge >= 0.3 is 5.97 Å². The zero-order chi connectivity index (χ0) is 15.4. The molecule has 0 saturated heterocycles. The van der Waals surface area contributed by atoms with E-state index in [2.05, 4.69) is 4.90 Å². The summed E-state index contributed by atoms with van der Waals surface area (Å²) in [6.07, 6.45) is 7.24. The van der Waals surface area contributed by atoms with Crippen LogP contribution in [0.3, 0.4) is 0 Å². The summed E-state index contributed by atoms with van der Waals surface area (Å²) in [7, 11) is 3.37. The number of nitrogens with two attached hydrogens (primary N) is 1. The Balaban J connectivity index is 2.38. The van der Waals surface area contributed by atoms with Crippen molar-refractivity contribution in [3.05, 3.63) is 22.7 Å². The molecule has 1 aliphatic rings. The minimum Gasteiger partial charge on any atom is -0.465 e. The lowest BCUT2D eigenvalue weighted by molar-refractivity contribution is 0.0601. The Hall–Kier alpha value is -1.42. The zero-order valence-electron chi connectivity index (χ0n) is 12.7. The number of carbonyl (C=O) groups is 1. The lowest BCUT2D eigenvalue weighted by Gasteiger charge is -2.31. The topological polar surface area (TPSA) is 55.6 Å².